The predicted molar refractivity (Wildman–Crippen MR) is 106 cm³/mol. The van der Waals surface area contributed by atoms with Crippen molar-refractivity contribution < 1.29 is 0 Å². The molecule has 9 heteroatoms. The Balaban J connectivity index is 1.78. The Bertz CT molecular complexity index is 1150. The molecule has 3 aromatic heterocycles. The molecular weight excluding hydrogens is 445 g/mol. The van der Waals surface area contributed by atoms with Crippen LogP contribution in [0.15, 0.2) is 53.7 Å². The molecule has 0 aliphatic heterocycles. The molecule has 1 atom stereocenters. The van der Waals surface area contributed by atoms with Crippen LogP contribution in [0.3, 0.4) is 0 Å². The Morgan fingerprint density at radius 1 is 1.19 bits per heavy atom. The molecule has 1 aromatic carbocycles. The Morgan fingerprint density at radius 2 is 1.96 bits per heavy atom. The zero-order chi connectivity index (χ0) is 18.3. The third-order valence-corrected chi connectivity index (χ3v) is 4.90. The third kappa shape index (κ3) is 2.73. The van der Waals surface area contributed by atoms with Gasteiger partial charge in [-0.2, -0.15) is 14.9 Å². The van der Waals surface area contributed by atoms with Gasteiger partial charge in [0, 0.05) is 11.6 Å². The first-order valence-electron chi connectivity index (χ1n) is 7.85. The number of nitrogens with zero attached hydrogens (tertiary/aromatic N) is 6. The number of hydrogen-bond donors (Lipinski definition) is 1. The van der Waals surface area contributed by atoms with Gasteiger partial charge >= 0.3 is 0 Å². The smallest absolute Gasteiger partial charge is 0.271 e. The normalized spacial score (nSPS) is 12.4. The summed E-state index contributed by atoms with van der Waals surface area (Å²) in [5.41, 5.74) is 7.82. The first kappa shape index (κ1) is 16.6. The maximum absolute atomic E-state index is 12.5. The lowest BCUT2D eigenvalue weighted by Gasteiger charge is -2.13. The monoisotopic (exact) mass is 459 g/mol. The highest BCUT2D eigenvalue weighted by Crippen LogP contribution is 2.27. The van der Waals surface area contributed by atoms with E-state index in [2.05, 4.69) is 42.8 Å². The van der Waals surface area contributed by atoms with Crippen molar-refractivity contribution >= 4 is 39.4 Å². The first-order valence-corrected chi connectivity index (χ1v) is 8.93. The molecule has 0 radical (unpaired) electrons. The Hall–Kier alpha value is -2.82. The van der Waals surface area contributed by atoms with Crippen molar-refractivity contribution in [2.75, 3.05) is 5.73 Å². The molecule has 4 aromatic rings. The molecule has 3 heterocycles. The van der Waals surface area contributed by atoms with Crippen LogP contribution in [0.2, 0.25) is 0 Å². The number of aromatic nitrogens is 6. The molecule has 8 nitrogen and oxygen atoms in total. The van der Waals surface area contributed by atoms with Gasteiger partial charge in [0.05, 0.1) is 23.3 Å². The molecule has 0 saturated heterocycles. The lowest BCUT2D eigenvalue weighted by Crippen LogP contribution is -2.22. The fourth-order valence-electron chi connectivity index (χ4n) is 2.78. The fraction of sp³-hybridized carbons (Fsp3) is 0.118. The second-order valence-electron chi connectivity index (χ2n) is 5.74. The number of anilines is 1. The molecule has 26 heavy (non-hydrogen) atoms. The van der Waals surface area contributed by atoms with Crippen molar-refractivity contribution in [3.63, 3.8) is 0 Å². The molecule has 0 fully saturated rings. The summed E-state index contributed by atoms with van der Waals surface area (Å²) in [7, 11) is 0. The standard InChI is InChI=1S/C17H14IN7O/c1-10(24-17-14(15(18)23-24)16(19)20-9-21-17)11-7-13(26)25(22-8-11)12-5-3-2-4-6-12/h2-10H,1H3,(H2,19,20,21). The van der Waals surface area contributed by atoms with Gasteiger partial charge in [0.25, 0.3) is 5.56 Å². The lowest BCUT2D eigenvalue weighted by molar-refractivity contribution is 0.568. The van der Waals surface area contributed by atoms with Crippen LogP contribution in [0.1, 0.15) is 18.5 Å². The van der Waals surface area contributed by atoms with Crippen molar-refractivity contribution in [2.24, 2.45) is 0 Å². The van der Waals surface area contributed by atoms with Crippen molar-refractivity contribution in [3.8, 4) is 5.69 Å². The molecule has 4 rings (SSSR count). The number of nitrogen functional groups attached to an aromatic ring is 1. The van der Waals surface area contributed by atoms with Crippen molar-refractivity contribution in [1.29, 1.82) is 0 Å². The molecule has 0 spiro atoms. The minimum Gasteiger partial charge on any atom is -0.383 e. The van der Waals surface area contributed by atoms with Crippen LogP contribution in [0.5, 0.6) is 0 Å². The first-order chi connectivity index (χ1) is 12.6. The van der Waals surface area contributed by atoms with E-state index in [9.17, 15) is 4.79 Å². The van der Waals surface area contributed by atoms with Crippen LogP contribution in [0.25, 0.3) is 16.7 Å². The Labute approximate surface area is 161 Å². The average Bonchev–Trinajstić information content (AvgIpc) is 3.00. The van der Waals surface area contributed by atoms with Gasteiger partial charge in [0.1, 0.15) is 15.8 Å². The molecule has 0 bridgehead atoms. The van der Waals surface area contributed by atoms with E-state index in [1.165, 1.54) is 11.0 Å². The average molecular weight is 459 g/mol. The minimum absolute atomic E-state index is 0.208. The minimum atomic E-state index is -0.235. The Morgan fingerprint density at radius 3 is 2.69 bits per heavy atom. The van der Waals surface area contributed by atoms with E-state index in [0.717, 1.165) is 11.3 Å². The van der Waals surface area contributed by atoms with Crippen molar-refractivity contribution in [3.05, 3.63) is 68.5 Å². The lowest BCUT2D eigenvalue weighted by atomic mass is 10.1. The summed E-state index contributed by atoms with van der Waals surface area (Å²) < 4.78 is 3.81. The van der Waals surface area contributed by atoms with Crippen LogP contribution in [0, 0.1) is 3.70 Å². The summed E-state index contributed by atoms with van der Waals surface area (Å²) in [5.74, 6) is 0.385. The van der Waals surface area contributed by atoms with Crippen LogP contribution < -0.4 is 11.3 Å². The quantitative estimate of drug-likeness (QED) is 0.471. The predicted octanol–water partition coefficient (Wildman–Crippen LogP) is 2.17. The molecule has 130 valence electrons. The topological polar surface area (TPSA) is 105 Å². The van der Waals surface area contributed by atoms with E-state index in [1.807, 2.05) is 37.3 Å². The van der Waals surface area contributed by atoms with E-state index >= 15 is 0 Å². The summed E-state index contributed by atoms with van der Waals surface area (Å²) in [4.78, 5) is 20.8. The van der Waals surface area contributed by atoms with E-state index in [4.69, 9.17) is 5.73 Å². The van der Waals surface area contributed by atoms with Crippen molar-refractivity contribution in [2.45, 2.75) is 13.0 Å². The second kappa shape index (κ2) is 6.48. The molecule has 0 aliphatic rings. The van der Waals surface area contributed by atoms with Crippen LogP contribution in [-0.4, -0.2) is 29.5 Å². The summed E-state index contributed by atoms with van der Waals surface area (Å²) in [6, 6.07) is 10.6. The molecule has 0 saturated carbocycles. The highest BCUT2D eigenvalue weighted by molar-refractivity contribution is 14.1. The number of para-hydroxylation sites is 1. The summed E-state index contributed by atoms with van der Waals surface area (Å²) in [6.45, 7) is 1.93. The van der Waals surface area contributed by atoms with E-state index < -0.39 is 0 Å². The fourth-order valence-corrected chi connectivity index (χ4v) is 3.53. The molecular formula is C17H14IN7O. The third-order valence-electron chi connectivity index (χ3n) is 4.15. The van der Waals surface area contributed by atoms with Crippen LogP contribution in [0.4, 0.5) is 5.82 Å². The van der Waals surface area contributed by atoms with Crippen LogP contribution in [-0.2, 0) is 0 Å². The second-order valence-corrected chi connectivity index (χ2v) is 6.77. The molecule has 0 amide bonds. The summed E-state index contributed by atoms with van der Waals surface area (Å²) in [6.07, 6.45) is 3.08. The van der Waals surface area contributed by atoms with Gasteiger partial charge in [0.15, 0.2) is 5.65 Å². The van der Waals surface area contributed by atoms with Gasteiger partial charge in [-0.1, -0.05) is 18.2 Å². The number of halogens is 1. The van der Waals surface area contributed by atoms with Crippen LogP contribution >= 0.6 is 22.6 Å². The largest absolute Gasteiger partial charge is 0.383 e. The van der Waals surface area contributed by atoms with E-state index in [0.29, 0.717) is 20.6 Å². The number of benzene rings is 1. The van der Waals surface area contributed by atoms with Gasteiger partial charge in [-0.25, -0.2) is 14.6 Å². The zero-order valence-electron chi connectivity index (χ0n) is 13.7. The van der Waals surface area contributed by atoms with E-state index in [-0.39, 0.29) is 11.6 Å². The Kier molecular flexibility index (Phi) is 4.15. The maximum Gasteiger partial charge on any atom is 0.271 e. The van der Waals surface area contributed by atoms with Gasteiger partial charge in [-0.05, 0) is 41.6 Å². The number of hydrogen-bond acceptors (Lipinski definition) is 6. The van der Waals surface area contributed by atoms with Gasteiger partial charge in [-0.15, -0.1) is 0 Å². The van der Waals surface area contributed by atoms with Gasteiger partial charge in [-0.3, -0.25) is 4.79 Å². The van der Waals surface area contributed by atoms with Gasteiger partial charge < -0.3 is 5.73 Å². The number of nitrogens with two attached hydrogens (primary N) is 1. The molecule has 2 N–H and O–H groups in total. The maximum atomic E-state index is 12.5. The highest BCUT2D eigenvalue weighted by Gasteiger charge is 2.19. The SMILES string of the molecule is CC(c1cnn(-c2ccccc2)c(=O)c1)n1nc(I)c2c(N)ncnc21. The molecule has 0 aliphatic carbocycles. The zero-order valence-corrected chi connectivity index (χ0v) is 15.9. The number of fused-ring (bicyclic) bond motifs is 1. The highest BCUT2D eigenvalue weighted by atomic mass is 127. The summed E-state index contributed by atoms with van der Waals surface area (Å²) >= 11 is 2.10. The number of rotatable bonds is 3. The molecule has 1 unspecified atom stereocenters. The summed E-state index contributed by atoms with van der Waals surface area (Å²) in [5, 5.41) is 9.54. The van der Waals surface area contributed by atoms with Gasteiger partial charge in [0.2, 0.25) is 0 Å². The van der Waals surface area contributed by atoms with Crippen molar-refractivity contribution in [1.82, 2.24) is 29.5 Å². The van der Waals surface area contributed by atoms with E-state index in [1.54, 1.807) is 16.9 Å².